The van der Waals surface area contributed by atoms with E-state index in [-0.39, 0.29) is 22.8 Å². The molecule has 1 aromatic heterocycles. The highest BCUT2D eigenvalue weighted by molar-refractivity contribution is 5.94. The van der Waals surface area contributed by atoms with E-state index < -0.39 is 5.82 Å². The standard InChI is InChI=1S/C19H20FN3O3/c1-13-6-7-21-18(22-13)26-12-19-10-23(8-14(19)9-25-11-19)17(24)15-4-2-3-5-16(15)20/h2-7,14H,8-12H2,1H3/t14-,19+/m1/s1. The van der Waals surface area contributed by atoms with Gasteiger partial charge in [0.15, 0.2) is 0 Å². The van der Waals surface area contributed by atoms with Gasteiger partial charge >= 0.3 is 6.01 Å². The van der Waals surface area contributed by atoms with Crippen molar-refractivity contribution in [2.45, 2.75) is 6.92 Å². The number of ether oxygens (including phenoxy) is 2. The van der Waals surface area contributed by atoms with E-state index in [4.69, 9.17) is 9.47 Å². The first-order valence-corrected chi connectivity index (χ1v) is 8.61. The first-order chi connectivity index (χ1) is 12.6. The number of hydrogen-bond acceptors (Lipinski definition) is 5. The molecule has 2 saturated heterocycles. The van der Waals surface area contributed by atoms with Crippen LogP contribution >= 0.6 is 0 Å². The zero-order chi connectivity index (χ0) is 18.1. The number of aryl methyl sites for hydroxylation is 1. The van der Waals surface area contributed by atoms with Gasteiger partial charge in [-0.05, 0) is 25.1 Å². The lowest BCUT2D eigenvalue weighted by molar-refractivity contribution is 0.0646. The van der Waals surface area contributed by atoms with Gasteiger partial charge in [0, 0.05) is 30.9 Å². The van der Waals surface area contributed by atoms with Gasteiger partial charge in [0.1, 0.15) is 12.4 Å². The molecule has 1 aromatic carbocycles. The van der Waals surface area contributed by atoms with Crippen molar-refractivity contribution in [3.05, 3.63) is 53.6 Å². The minimum atomic E-state index is -0.496. The second-order valence-electron chi connectivity index (χ2n) is 7.01. The zero-order valence-electron chi connectivity index (χ0n) is 14.5. The van der Waals surface area contributed by atoms with Crippen LogP contribution in [0.25, 0.3) is 0 Å². The van der Waals surface area contributed by atoms with Crippen molar-refractivity contribution in [1.82, 2.24) is 14.9 Å². The predicted molar refractivity (Wildman–Crippen MR) is 91.3 cm³/mol. The molecule has 26 heavy (non-hydrogen) atoms. The summed E-state index contributed by atoms with van der Waals surface area (Å²) in [6.45, 7) is 4.31. The smallest absolute Gasteiger partial charge is 0.316 e. The van der Waals surface area contributed by atoms with Crippen LogP contribution in [-0.4, -0.2) is 53.7 Å². The molecule has 0 aliphatic carbocycles. The molecular formula is C19H20FN3O3. The Hall–Kier alpha value is -2.54. The van der Waals surface area contributed by atoms with Crippen molar-refractivity contribution in [3.63, 3.8) is 0 Å². The molecule has 2 atom stereocenters. The fourth-order valence-electron chi connectivity index (χ4n) is 3.70. The van der Waals surface area contributed by atoms with Gasteiger partial charge < -0.3 is 14.4 Å². The molecule has 2 aliphatic heterocycles. The molecule has 0 bridgehead atoms. The number of hydrogen-bond donors (Lipinski definition) is 0. The van der Waals surface area contributed by atoms with E-state index in [1.54, 1.807) is 29.3 Å². The van der Waals surface area contributed by atoms with Gasteiger partial charge in [-0.15, -0.1) is 0 Å². The lowest BCUT2D eigenvalue weighted by Gasteiger charge is -2.26. The van der Waals surface area contributed by atoms with Crippen molar-refractivity contribution < 1.29 is 18.7 Å². The van der Waals surface area contributed by atoms with E-state index in [1.807, 2.05) is 6.92 Å². The molecule has 0 saturated carbocycles. The van der Waals surface area contributed by atoms with Crippen LogP contribution in [0.3, 0.4) is 0 Å². The van der Waals surface area contributed by atoms with Crippen LogP contribution in [0.2, 0.25) is 0 Å². The first kappa shape index (κ1) is 16.9. The molecule has 2 aromatic rings. The third-order valence-corrected chi connectivity index (χ3v) is 5.17. The summed E-state index contributed by atoms with van der Waals surface area (Å²) in [6, 6.07) is 8.20. The lowest BCUT2D eigenvalue weighted by Crippen LogP contribution is -2.38. The molecule has 4 rings (SSSR count). The summed E-state index contributed by atoms with van der Waals surface area (Å²) in [5.74, 6) is -0.629. The number of fused-ring (bicyclic) bond motifs is 1. The van der Waals surface area contributed by atoms with Crippen molar-refractivity contribution in [1.29, 1.82) is 0 Å². The van der Waals surface area contributed by atoms with E-state index in [1.165, 1.54) is 12.1 Å². The van der Waals surface area contributed by atoms with Gasteiger partial charge in [-0.3, -0.25) is 4.79 Å². The fraction of sp³-hybridized carbons (Fsp3) is 0.421. The number of carbonyl (C=O) groups is 1. The van der Waals surface area contributed by atoms with Crippen molar-refractivity contribution in [2.75, 3.05) is 32.9 Å². The number of benzene rings is 1. The maximum Gasteiger partial charge on any atom is 0.316 e. The molecular weight excluding hydrogens is 337 g/mol. The normalized spacial score (nSPS) is 24.5. The summed E-state index contributed by atoms with van der Waals surface area (Å²) in [6.07, 6.45) is 1.65. The molecule has 0 unspecified atom stereocenters. The number of carbonyl (C=O) groups excluding carboxylic acids is 1. The number of amides is 1. The highest BCUT2D eigenvalue weighted by atomic mass is 19.1. The maximum atomic E-state index is 14.0. The van der Waals surface area contributed by atoms with Crippen LogP contribution in [0, 0.1) is 24.1 Å². The molecule has 6 nitrogen and oxygen atoms in total. The van der Waals surface area contributed by atoms with Crippen molar-refractivity contribution >= 4 is 5.91 Å². The molecule has 0 N–H and O–H groups in total. The zero-order valence-corrected chi connectivity index (χ0v) is 14.5. The Kier molecular flexibility index (Phi) is 4.32. The van der Waals surface area contributed by atoms with E-state index >= 15 is 0 Å². The summed E-state index contributed by atoms with van der Waals surface area (Å²) in [5, 5.41) is 0. The molecule has 0 spiro atoms. The Balaban J connectivity index is 1.49. The Morgan fingerprint density at radius 1 is 1.42 bits per heavy atom. The minimum Gasteiger partial charge on any atom is -0.463 e. The van der Waals surface area contributed by atoms with Gasteiger partial charge in [-0.2, -0.15) is 0 Å². The molecule has 7 heteroatoms. The van der Waals surface area contributed by atoms with Crippen LogP contribution in [0.4, 0.5) is 4.39 Å². The Morgan fingerprint density at radius 3 is 3.08 bits per heavy atom. The predicted octanol–water partition coefficient (Wildman–Crippen LogP) is 2.09. The number of rotatable bonds is 4. The van der Waals surface area contributed by atoms with Crippen LogP contribution < -0.4 is 4.74 Å². The lowest BCUT2D eigenvalue weighted by atomic mass is 9.82. The molecule has 1 amide bonds. The molecule has 136 valence electrons. The number of nitrogens with zero attached hydrogens (tertiary/aromatic N) is 3. The monoisotopic (exact) mass is 357 g/mol. The van der Waals surface area contributed by atoms with Crippen LogP contribution in [0.1, 0.15) is 16.1 Å². The Morgan fingerprint density at radius 2 is 2.27 bits per heavy atom. The first-order valence-electron chi connectivity index (χ1n) is 8.61. The van der Waals surface area contributed by atoms with Gasteiger partial charge in [0.2, 0.25) is 0 Å². The highest BCUT2D eigenvalue weighted by Gasteiger charge is 2.52. The topological polar surface area (TPSA) is 64.6 Å². The Bertz CT molecular complexity index is 831. The molecule has 2 aliphatic rings. The van der Waals surface area contributed by atoms with E-state index in [9.17, 15) is 9.18 Å². The number of aromatic nitrogens is 2. The Labute approximate surface area is 151 Å². The van der Waals surface area contributed by atoms with E-state index in [0.29, 0.717) is 38.9 Å². The summed E-state index contributed by atoms with van der Waals surface area (Å²) in [5.41, 5.74) is 0.620. The average Bonchev–Trinajstić information content (AvgIpc) is 3.17. The van der Waals surface area contributed by atoms with Crippen LogP contribution in [-0.2, 0) is 4.74 Å². The van der Waals surface area contributed by atoms with Crippen LogP contribution in [0.15, 0.2) is 36.5 Å². The SMILES string of the molecule is Cc1ccnc(OC[C@]23COC[C@H]2CN(C(=O)c2ccccc2F)C3)n1. The van der Waals surface area contributed by atoms with Gasteiger partial charge in [-0.25, -0.2) is 14.4 Å². The third-order valence-electron chi connectivity index (χ3n) is 5.17. The maximum absolute atomic E-state index is 14.0. The largest absolute Gasteiger partial charge is 0.463 e. The second-order valence-corrected chi connectivity index (χ2v) is 7.01. The van der Waals surface area contributed by atoms with Crippen molar-refractivity contribution in [2.24, 2.45) is 11.3 Å². The van der Waals surface area contributed by atoms with Crippen molar-refractivity contribution in [3.8, 4) is 6.01 Å². The quantitative estimate of drug-likeness (QED) is 0.838. The number of halogens is 1. The second kappa shape index (κ2) is 6.64. The molecule has 2 fully saturated rings. The van der Waals surface area contributed by atoms with Gasteiger partial charge in [0.25, 0.3) is 5.91 Å². The summed E-state index contributed by atoms with van der Waals surface area (Å²) in [4.78, 5) is 22.8. The van der Waals surface area contributed by atoms with Crippen LogP contribution in [0.5, 0.6) is 6.01 Å². The summed E-state index contributed by atoms with van der Waals surface area (Å²) < 4.78 is 25.4. The summed E-state index contributed by atoms with van der Waals surface area (Å²) >= 11 is 0. The molecule has 0 radical (unpaired) electrons. The third kappa shape index (κ3) is 3.03. The summed E-state index contributed by atoms with van der Waals surface area (Å²) in [7, 11) is 0. The minimum absolute atomic E-state index is 0.103. The average molecular weight is 357 g/mol. The van der Waals surface area contributed by atoms with E-state index in [2.05, 4.69) is 9.97 Å². The highest BCUT2D eigenvalue weighted by Crippen LogP contribution is 2.42. The van der Waals surface area contributed by atoms with Gasteiger partial charge in [0.05, 0.1) is 24.2 Å². The number of likely N-dealkylation sites (tertiary alicyclic amines) is 1. The fourth-order valence-corrected chi connectivity index (χ4v) is 3.70. The molecule has 3 heterocycles. The van der Waals surface area contributed by atoms with Gasteiger partial charge in [-0.1, -0.05) is 12.1 Å². The van der Waals surface area contributed by atoms with E-state index in [0.717, 1.165) is 5.69 Å².